The van der Waals surface area contributed by atoms with Crippen LogP contribution < -0.4 is 10.4 Å². The molecule has 7 nitrogen and oxygen atoms in total. The first-order chi connectivity index (χ1) is 23.3. The monoisotopic (exact) mass is 683 g/mol. The molecule has 0 bridgehead atoms. The molecule has 1 fully saturated rings. The van der Waals surface area contributed by atoms with Gasteiger partial charge in [-0.05, 0) is 59.0 Å². The number of nitrogens with zero attached hydrogens (tertiary/aromatic N) is 1. The van der Waals surface area contributed by atoms with Gasteiger partial charge in [0.1, 0.15) is 12.4 Å². The summed E-state index contributed by atoms with van der Waals surface area (Å²) in [7, 11) is -2.74. The van der Waals surface area contributed by atoms with Crippen LogP contribution in [0.3, 0.4) is 0 Å². The lowest BCUT2D eigenvalue weighted by Crippen LogP contribution is -2.66. The van der Waals surface area contributed by atoms with E-state index in [1.807, 2.05) is 42.5 Å². The van der Waals surface area contributed by atoms with E-state index in [0.717, 1.165) is 10.5 Å². The Morgan fingerprint density at radius 3 is 2.00 bits per heavy atom. The molecule has 6 atom stereocenters. The molecular formula is C41H53NO6Si. The number of benzene rings is 3. The van der Waals surface area contributed by atoms with Gasteiger partial charge in [0.25, 0.3) is 8.32 Å². The SMILES string of the molecule is C=CC[C@@H](C[C@@H](C)CO[Si](c1ccccc1)(c1ccccc1)C(C)(C)C)[C@H](O)[C@@H](C)C(=O)C(C)C(=O)N1C(=O)OC[C@H]1Cc1ccccc1. The van der Waals surface area contributed by atoms with E-state index in [-0.39, 0.29) is 23.5 Å². The summed E-state index contributed by atoms with van der Waals surface area (Å²) in [6.45, 7) is 16.5. The minimum atomic E-state index is -2.74. The van der Waals surface area contributed by atoms with Crippen molar-refractivity contribution in [2.45, 2.75) is 78.0 Å². The highest BCUT2D eigenvalue weighted by atomic mass is 28.4. The summed E-state index contributed by atoms with van der Waals surface area (Å²) in [5.41, 5.74) is 0.965. The molecule has 8 heteroatoms. The topological polar surface area (TPSA) is 93.1 Å². The summed E-state index contributed by atoms with van der Waals surface area (Å²) in [6.07, 6.45) is 1.56. The third-order valence-electron chi connectivity index (χ3n) is 9.93. The summed E-state index contributed by atoms with van der Waals surface area (Å²) in [6, 6.07) is 30.0. The zero-order chi connectivity index (χ0) is 35.8. The molecule has 0 aromatic heterocycles. The Labute approximate surface area is 293 Å². The lowest BCUT2D eigenvalue weighted by atomic mass is 9.79. The van der Waals surface area contributed by atoms with Crippen LogP contribution in [-0.2, 0) is 25.2 Å². The van der Waals surface area contributed by atoms with Gasteiger partial charge >= 0.3 is 6.09 Å². The number of ketones is 1. The second-order valence-corrected chi connectivity index (χ2v) is 18.9. The molecule has 49 heavy (non-hydrogen) atoms. The van der Waals surface area contributed by atoms with Crippen LogP contribution in [0.25, 0.3) is 0 Å². The quantitative estimate of drug-likeness (QED) is 0.104. The molecule has 0 aliphatic carbocycles. The maximum Gasteiger partial charge on any atom is 0.417 e. The highest BCUT2D eigenvalue weighted by molar-refractivity contribution is 6.99. The largest absolute Gasteiger partial charge is 0.447 e. The van der Waals surface area contributed by atoms with Gasteiger partial charge in [-0.3, -0.25) is 9.59 Å². The number of Topliss-reactive ketones (excluding diaryl/α,β-unsaturated/α-hetero) is 1. The second-order valence-electron chi connectivity index (χ2n) is 14.6. The minimum absolute atomic E-state index is 0.0562. The molecule has 0 radical (unpaired) electrons. The molecule has 1 saturated heterocycles. The molecule has 1 heterocycles. The Balaban J connectivity index is 1.47. The molecule has 1 aliphatic heterocycles. The van der Waals surface area contributed by atoms with E-state index in [9.17, 15) is 19.5 Å². The molecule has 3 aromatic carbocycles. The van der Waals surface area contributed by atoms with E-state index in [0.29, 0.717) is 25.9 Å². The normalized spacial score (nSPS) is 18.2. The Morgan fingerprint density at radius 2 is 1.49 bits per heavy atom. The predicted octanol–water partition coefficient (Wildman–Crippen LogP) is 6.57. The van der Waals surface area contributed by atoms with Crippen LogP contribution in [0.5, 0.6) is 0 Å². The van der Waals surface area contributed by atoms with Crippen molar-refractivity contribution in [2.24, 2.45) is 23.7 Å². The smallest absolute Gasteiger partial charge is 0.417 e. The number of rotatable bonds is 16. The third kappa shape index (κ3) is 8.66. The number of aliphatic hydroxyl groups is 1. The molecule has 262 valence electrons. The maximum absolute atomic E-state index is 13.7. The predicted molar refractivity (Wildman–Crippen MR) is 197 cm³/mol. The van der Waals surface area contributed by atoms with Crippen molar-refractivity contribution in [3.05, 3.63) is 109 Å². The van der Waals surface area contributed by atoms with Crippen LogP contribution in [0, 0.1) is 23.7 Å². The number of cyclic esters (lactones) is 1. The van der Waals surface area contributed by atoms with Gasteiger partial charge < -0.3 is 14.3 Å². The van der Waals surface area contributed by atoms with E-state index in [2.05, 4.69) is 82.8 Å². The van der Waals surface area contributed by atoms with Crippen LogP contribution in [0.2, 0.25) is 5.04 Å². The van der Waals surface area contributed by atoms with Crippen molar-refractivity contribution in [1.82, 2.24) is 4.90 Å². The molecule has 3 aromatic rings. The minimum Gasteiger partial charge on any atom is -0.447 e. The van der Waals surface area contributed by atoms with Crippen LogP contribution in [0.4, 0.5) is 4.79 Å². The van der Waals surface area contributed by atoms with Crippen molar-refractivity contribution in [3.63, 3.8) is 0 Å². The Morgan fingerprint density at radius 1 is 0.959 bits per heavy atom. The first-order valence-corrected chi connectivity index (χ1v) is 19.3. The Hall–Kier alpha value is -3.85. The van der Waals surface area contributed by atoms with Crippen LogP contribution >= 0.6 is 0 Å². The van der Waals surface area contributed by atoms with Gasteiger partial charge in [-0.2, -0.15) is 0 Å². The fraction of sp³-hybridized carbons (Fsp3) is 0.439. The summed E-state index contributed by atoms with van der Waals surface area (Å²) in [5.74, 6) is -3.17. The second kappa shape index (κ2) is 16.7. The highest BCUT2D eigenvalue weighted by Gasteiger charge is 2.50. The molecule has 4 rings (SSSR count). The number of imide groups is 1. The van der Waals surface area contributed by atoms with E-state index in [4.69, 9.17) is 9.16 Å². The van der Waals surface area contributed by atoms with Crippen molar-refractivity contribution < 1.29 is 28.7 Å². The van der Waals surface area contributed by atoms with Crippen LogP contribution in [0.15, 0.2) is 104 Å². The Bertz CT molecular complexity index is 1500. The van der Waals surface area contributed by atoms with E-state index in [1.165, 1.54) is 17.3 Å². The lowest BCUT2D eigenvalue weighted by molar-refractivity contribution is -0.142. The van der Waals surface area contributed by atoms with Gasteiger partial charge in [-0.15, -0.1) is 6.58 Å². The zero-order valence-electron chi connectivity index (χ0n) is 29.9. The van der Waals surface area contributed by atoms with Crippen LogP contribution in [0.1, 0.15) is 59.9 Å². The number of aliphatic hydroxyl groups excluding tert-OH is 1. The number of carbonyl (C=O) groups is 3. The van der Waals surface area contributed by atoms with E-state index < -0.39 is 50.1 Å². The average Bonchev–Trinajstić information content (AvgIpc) is 3.46. The maximum atomic E-state index is 13.7. The van der Waals surface area contributed by atoms with Gasteiger partial charge in [0.15, 0.2) is 0 Å². The molecule has 0 saturated carbocycles. The first kappa shape index (κ1) is 38.0. The summed E-state index contributed by atoms with van der Waals surface area (Å²) in [5, 5.41) is 13.9. The first-order valence-electron chi connectivity index (χ1n) is 17.4. The average molecular weight is 684 g/mol. The van der Waals surface area contributed by atoms with Gasteiger partial charge in [0.05, 0.1) is 18.1 Å². The number of ether oxygens (including phenoxy) is 1. The summed E-state index contributed by atoms with van der Waals surface area (Å²) >= 11 is 0. The molecule has 1 aliphatic rings. The van der Waals surface area contributed by atoms with Gasteiger partial charge in [-0.25, -0.2) is 9.69 Å². The van der Waals surface area contributed by atoms with E-state index >= 15 is 0 Å². The molecule has 0 spiro atoms. The molecule has 1 unspecified atom stereocenters. The van der Waals surface area contributed by atoms with Gasteiger partial charge in [-0.1, -0.05) is 132 Å². The lowest BCUT2D eigenvalue weighted by Gasteiger charge is -2.43. The standard InChI is InChI=1S/C41H53NO6Si/c1-8-18-33(25-29(2)27-48-49(41(5,6)7,35-21-14-10-15-22-35)36-23-16-11-17-24-36)38(44)30(3)37(43)31(4)39(45)42-34(28-47-40(42)46)26-32-19-12-9-13-20-32/h8-17,19-24,29-31,33-34,38,44H,1,18,25-28H2,2-7H3/t29-,30+,31?,33+,34-,38-/m1/s1. The van der Waals surface area contributed by atoms with Crippen molar-refractivity contribution in [1.29, 1.82) is 0 Å². The highest BCUT2D eigenvalue weighted by Crippen LogP contribution is 2.37. The number of hydrogen-bond donors (Lipinski definition) is 1. The number of allylic oxidation sites excluding steroid dienone is 1. The number of carbonyl (C=O) groups excluding carboxylic acids is 3. The summed E-state index contributed by atoms with van der Waals surface area (Å²) < 4.78 is 12.4. The van der Waals surface area contributed by atoms with Gasteiger partial charge in [0, 0.05) is 12.5 Å². The third-order valence-corrected chi connectivity index (χ3v) is 14.9. The zero-order valence-corrected chi connectivity index (χ0v) is 30.9. The fourth-order valence-corrected chi connectivity index (χ4v) is 12.0. The fourth-order valence-electron chi connectivity index (χ4n) is 7.27. The molecular weight excluding hydrogens is 631 g/mol. The molecule has 1 N–H and O–H groups in total. The van der Waals surface area contributed by atoms with Crippen LogP contribution in [-0.4, -0.2) is 61.5 Å². The summed E-state index contributed by atoms with van der Waals surface area (Å²) in [4.78, 5) is 41.0. The Kier molecular flexibility index (Phi) is 12.9. The van der Waals surface area contributed by atoms with E-state index in [1.54, 1.807) is 13.0 Å². The molecule has 2 amide bonds. The number of amides is 2. The van der Waals surface area contributed by atoms with Crippen molar-refractivity contribution in [2.75, 3.05) is 13.2 Å². The van der Waals surface area contributed by atoms with Crippen molar-refractivity contribution >= 4 is 36.5 Å². The van der Waals surface area contributed by atoms with Gasteiger partial charge in [0.2, 0.25) is 5.91 Å². The number of hydrogen-bond acceptors (Lipinski definition) is 6. The van der Waals surface area contributed by atoms with Crippen molar-refractivity contribution in [3.8, 4) is 0 Å².